The summed E-state index contributed by atoms with van der Waals surface area (Å²) in [5, 5.41) is 3.78. The van der Waals surface area contributed by atoms with E-state index in [1.54, 1.807) is 17.4 Å². The summed E-state index contributed by atoms with van der Waals surface area (Å²) in [6.45, 7) is 1.87. The molecule has 2 rings (SSSR count). The highest BCUT2D eigenvalue weighted by atomic mass is 19.4. The molecule has 0 aliphatic heterocycles. The van der Waals surface area contributed by atoms with Gasteiger partial charge in [0.1, 0.15) is 11.5 Å². The summed E-state index contributed by atoms with van der Waals surface area (Å²) in [6, 6.07) is 10.1. The SMILES string of the molecule is CCc1ccc(OC(NC(=O)Nc2ccc(OC)cc2)(C(=O)OC)C(F)(F)F)cc1. The molecule has 0 heterocycles. The lowest BCUT2D eigenvalue weighted by molar-refractivity contribution is -0.258. The maximum atomic E-state index is 14.0. The number of benzene rings is 2. The van der Waals surface area contributed by atoms with Gasteiger partial charge in [0.25, 0.3) is 0 Å². The lowest BCUT2D eigenvalue weighted by Gasteiger charge is -2.33. The first-order valence-corrected chi connectivity index (χ1v) is 8.81. The van der Waals surface area contributed by atoms with Crippen molar-refractivity contribution in [3.63, 3.8) is 0 Å². The Balaban J connectivity index is 2.33. The van der Waals surface area contributed by atoms with Gasteiger partial charge in [-0.2, -0.15) is 13.2 Å². The summed E-state index contributed by atoms with van der Waals surface area (Å²) in [4.78, 5) is 24.5. The molecule has 2 aromatic carbocycles. The van der Waals surface area contributed by atoms with E-state index in [0.717, 1.165) is 12.7 Å². The van der Waals surface area contributed by atoms with Crippen LogP contribution in [0.15, 0.2) is 48.5 Å². The fraction of sp³-hybridized carbons (Fsp3) is 0.300. The normalized spacial score (nSPS) is 13.0. The topological polar surface area (TPSA) is 85.9 Å². The first-order chi connectivity index (χ1) is 14.1. The minimum atomic E-state index is -5.33. The lowest BCUT2D eigenvalue weighted by Crippen LogP contribution is -2.68. The number of amides is 2. The lowest BCUT2D eigenvalue weighted by atomic mass is 10.1. The van der Waals surface area contributed by atoms with Crippen LogP contribution in [0.1, 0.15) is 12.5 Å². The molecule has 1 atom stereocenters. The number of rotatable bonds is 7. The molecule has 0 aromatic heterocycles. The van der Waals surface area contributed by atoms with E-state index in [1.807, 2.05) is 6.92 Å². The van der Waals surface area contributed by atoms with Gasteiger partial charge in [0.2, 0.25) is 0 Å². The zero-order valence-electron chi connectivity index (χ0n) is 16.5. The number of carbonyl (C=O) groups excluding carboxylic acids is 2. The zero-order valence-corrected chi connectivity index (χ0v) is 16.5. The van der Waals surface area contributed by atoms with Crippen LogP contribution in [0.25, 0.3) is 0 Å². The predicted molar refractivity (Wildman–Crippen MR) is 102 cm³/mol. The maximum absolute atomic E-state index is 14.0. The molecule has 0 radical (unpaired) electrons. The fourth-order valence-electron chi connectivity index (χ4n) is 2.47. The highest BCUT2D eigenvalue weighted by molar-refractivity contribution is 5.94. The van der Waals surface area contributed by atoms with Crippen molar-refractivity contribution in [1.82, 2.24) is 5.32 Å². The Morgan fingerprint density at radius 1 is 0.933 bits per heavy atom. The smallest absolute Gasteiger partial charge is 0.460 e. The van der Waals surface area contributed by atoms with Gasteiger partial charge in [0.05, 0.1) is 14.2 Å². The molecule has 0 aliphatic carbocycles. The Hall–Kier alpha value is -3.43. The molecule has 0 saturated carbocycles. The Morgan fingerprint density at radius 3 is 1.97 bits per heavy atom. The zero-order chi connectivity index (χ0) is 22.4. The summed E-state index contributed by atoms with van der Waals surface area (Å²) in [5.41, 5.74) is -2.74. The van der Waals surface area contributed by atoms with Crippen LogP contribution in [-0.2, 0) is 16.0 Å². The van der Waals surface area contributed by atoms with Gasteiger partial charge in [0.15, 0.2) is 0 Å². The van der Waals surface area contributed by atoms with Crippen LogP contribution in [-0.4, -0.2) is 38.1 Å². The van der Waals surface area contributed by atoms with E-state index < -0.39 is 23.9 Å². The molecule has 2 amide bonds. The number of ether oxygens (including phenoxy) is 3. The van der Waals surface area contributed by atoms with Crippen molar-refractivity contribution in [2.24, 2.45) is 0 Å². The van der Waals surface area contributed by atoms with Crippen molar-refractivity contribution in [1.29, 1.82) is 0 Å². The minimum absolute atomic E-state index is 0.168. The second kappa shape index (κ2) is 9.38. The van der Waals surface area contributed by atoms with Crippen LogP contribution < -0.4 is 20.1 Å². The molecule has 2 aromatic rings. The quantitative estimate of drug-likeness (QED) is 0.518. The van der Waals surface area contributed by atoms with Gasteiger partial charge in [-0.15, -0.1) is 0 Å². The number of hydrogen-bond acceptors (Lipinski definition) is 5. The van der Waals surface area contributed by atoms with E-state index >= 15 is 0 Å². The van der Waals surface area contributed by atoms with E-state index in [4.69, 9.17) is 9.47 Å². The molecule has 7 nitrogen and oxygen atoms in total. The van der Waals surface area contributed by atoms with Crippen LogP contribution in [0.5, 0.6) is 11.5 Å². The van der Waals surface area contributed by atoms with Gasteiger partial charge in [-0.3, -0.25) is 5.32 Å². The first-order valence-electron chi connectivity index (χ1n) is 8.81. The average molecular weight is 426 g/mol. The highest BCUT2D eigenvalue weighted by Gasteiger charge is 2.66. The number of esters is 1. The number of hydrogen-bond donors (Lipinski definition) is 2. The number of anilines is 1. The van der Waals surface area contributed by atoms with Crippen molar-refractivity contribution in [2.45, 2.75) is 25.2 Å². The molecule has 2 N–H and O–H groups in total. The summed E-state index contributed by atoms with van der Waals surface area (Å²) >= 11 is 0. The van der Waals surface area contributed by atoms with Crippen molar-refractivity contribution < 1.29 is 37.0 Å². The largest absolute Gasteiger partial charge is 0.497 e. The molecule has 10 heteroatoms. The van der Waals surface area contributed by atoms with Gasteiger partial charge in [-0.1, -0.05) is 19.1 Å². The Kier molecular flexibility index (Phi) is 7.14. The van der Waals surface area contributed by atoms with E-state index in [2.05, 4.69) is 10.1 Å². The standard InChI is InChI=1S/C20H21F3N2O5/c1-4-13-5-9-16(10-6-13)30-19(17(26)29-3,20(21,22)23)25-18(27)24-14-7-11-15(28-2)12-8-14/h5-12H,4H2,1-3H3,(H2,24,25,27). The number of nitrogens with one attached hydrogen (secondary N) is 2. The van der Waals surface area contributed by atoms with E-state index in [1.165, 1.54) is 43.5 Å². The highest BCUT2D eigenvalue weighted by Crippen LogP contribution is 2.34. The monoisotopic (exact) mass is 426 g/mol. The van der Waals surface area contributed by atoms with E-state index in [-0.39, 0.29) is 11.4 Å². The van der Waals surface area contributed by atoms with Crippen LogP contribution in [0.3, 0.4) is 0 Å². The molecule has 1 unspecified atom stereocenters. The number of methoxy groups -OCH3 is 2. The summed E-state index contributed by atoms with van der Waals surface area (Å²) < 4.78 is 56.1. The third-order valence-corrected chi connectivity index (χ3v) is 4.11. The van der Waals surface area contributed by atoms with Crippen LogP contribution >= 0.6 is 0 Å². The average Bonchev–Trinajstić information content (AvgIpc) is 2.72. The number of urea groups is 1. The number of alkyl halides is 3. The number of halogens is 3. The third-order valence-electron chi connectivity index (χ3n) is 4.11. The Labute approximate surface area is 171 Å². The Bertz CT molecular complexity index is 870. The molecular formula is C20H21F3N2O5. The molecule has 0 bridgehead atoms. The second-order valence-corrected chi connectivity index (χ2v) is 6.08. The van der Waals surface area contributed by atoms with Gasteiger partial charge >= 0.3 is 23.9 Å². The van der Waals surface area contributed by atoms with E-state index in [0.29, 0.717) is 12.2 Å². The van der Waals surface area contributed by atoms with Gasteiger partial charge in [0, 0.05) is 5.69 Å². The van der Waals surface area contributed by atoms with Crippen molar-refractivity contribution in [2.75, 3.05) is 19.5 Å². The number of carbonyl (C=O) groups is 2. The Morgan fingerprint density at radius 2 is 1.50 bits per heavy atom. The number of aryl methyl sites for hydroxylation is 1. The summed E-state index contributed by atoms with van der Waals surface area (Å²) in [7, 11) is 2.20. The summed E-state index contributed by atoms with van der Waals surface area (Å²) in [6.07, 6.45) is -4.68. The molecular weight excluding hydrogens is 405 g/mol. The minimum Gasteiger partial charge on any atom is -0.497 e. The molecule has 0 spiro atoms. The fourth-order valence-corrected chi connectivity index (χ4v) is 2.47. The molecule has 0 saturated heterocycles. The van der Waals surface area contributed by atoms with Gasteiger partial charge in [-0.25, -0.2) is 9.59 Å². The molecule has 162 valence electrons. The van der Waals surface area contributed by atoms with Gasteiger partial charge < -0.3 is 19.5 Å². The molecule has 30 heavy (non-hydrogen) atoms. The molecule has 0 fully saturated rings. The third kappa shape index (κ3) is 5.13. The van der Waals surface area contributed by atoms with E-state index in [9.17, 15) is 22.8 Å². The first kappa shape index (κ1) is 22.9. The second-order valence-electron chi connectivity index (χ2n) is 6.08. The van der Waals surface area contributed by atoms with Gasteiger partial charge in [-0.05, 0) is 48.4 Å². The predicted octanol–water partition coefficient (Wildman–Crippen LogP) is 3.89. The van der Waals surface area contributed by atoms with Crippen LogP contribution in [0.2, 0.25) is 0 Å². The molecule has 0 aliphatic rings. The van der Waals surface area contributed by atoms with Crippen LogP contribution in [0.4, 0.5) is 23.7 Å². The van der Waals surface area contributed by atoms with Crippen LogP contribution in [0, 0.1) is 0 Å². The van der Waals surface area contributed by atoms with Crippen molar-refractivity contribution in [3.8, 4) is 11.5 Å². The summed E-state index contributed by atoms with van der Waals surface area (Å²) in [5.74, 6) is -1.63. The van der Waals surface area contributed by atoms with Crippen molar-refractivity contribution >= 4 is 17.7 Å². The maximum Gasteiger partial charge on any atom is 0.460 e. The van der Waals surface area contributed by atoms with Crippen molar-refractivity contribution in [3.05, 3.63) is 54.1 Å².